The lowest BCUT2D eigenvalue weighted by atomic mass is 9.98. The summed E-state index contributed by atoms with van der Waals surface area (Å²) in [7, 11) is -4.20. The van der Waals surface area contributed by atoms with E-state index in [1.54, 1.807) is 6.20 Å². The molecule has 1 aromatic heterocycles. The molecule has 0 spiro atoms. The highest BCUT2D eigenvalue weighted by Gasteiger charge is 2.33. The summed E-state index contributed by atoms with van der Waals surface area (Å²) in [5.41, 5.74) is 1.02. The smallest absolute Gasteiger partial charge is 0.248 e. The van der Waals surface area contributed by atoms with Gasteiger partial charge in [-0.25, -0.2) is 22.2 Å². The van der Waals surface area contributed by atoms with Crippen LogP contribution in [-0.2, 0) is 16.6 Å². The van der Waals surface area contributed by atoms with Crippen LogP contribution in [0.3, 0.4) is 0 Å². The fourth-order valence-electron chi connectivity index (χ4n) is 3.77. The van der Waals surface area contributed by atoms with Gasteiger partial charge in [0.05, 0.1) is 0 Å². The third-order valence-electron chi connectivity index (χ3n) is 5.29. The Morgan fingerprint density at radius 3 is 2.28 bits per heavy atom. The zero-order chi connectivity index (χ0) is 20.4. The summed E-state index contributed by atoms with van der Waals surface area (Å²) in [4.78, 5) is 3.58. The highest BCUT2D eigenvalue weighted by Crippen LogP contribution is 2.28. The largest absolute Gasteiger partial charge is 0.331 e. The van der Waals surface area contributed by atoms with Gasteiger partial charge in [0.25, 0.3) is 0 Å². The van der Waals surface area contributed by atoms with E-state index < -0.39 is 26.6 Å². The maximum absolute atomic E-state index is 14.0. The van der Waals surface area contributed by atoms with E-state index in [0.717, 1.165) is 29.6 Å². The van der Waals surface area contributed by atoms with Gasteiger partial charge in [0.15, 0.2) is 4.90 Å². The van der Waals surface area contributed by atoms with Crippen molar-refractivity contribution < 1.29 is 17.2 Å². The number of halogens is 2. The molecule has 1 aliphatic heterocycles. The molecular formula is C21H21F2N3O2S. The molecule has 4 rings (SSSR count). The maximum Gasteiger partial charge on any atom is 0.248 e. The van der Waals surface area contributed by atoms with Gasteiger partial charge in [0, 0.05) is 37.6 Å². The second kappa shape index (κ2) is 8.04. The zero-order valence-corrected chi connectivity index (χ0v) is 16.5. The fraction of sp³-hybridized carbons (Fsp3) is 0.286. The molecule has 29 heavy (non-hydrogen) atoms. The van der Waals surface area contributed by atoms with Crippen LogP contribution in [-0.4, -0.2) is 35.4 Å². The highest BCUT2D eigenvalue weighted by molar-refractivity contribution is 7.89. The normalized spacial score (nSPS) is 16.2. The molecule has 8 heteroatoms. The molecule has 1 saturated heterocycles. The van der Waals surface area contributed by atoms with Gasteiger partial charge in [-0.1, -0.05) is 36.4 Å². The van der Waals surface area contributed by atoms with Crippen LogP contribution in [0.1, 0.15) is 12.8 Å². The molecule has 3 aromatic rings. The van der Waals surface area contributed by atoms with Crippen LogP contribution in [0.25, 0.3) is 11.4 Å². The standard InChI is InChI=1S/C21H21F2N3O2S/c22-18-7-4-8-19(23)20(18)29(27,28)26-12-9-16(10-13-26)15-25-14-11-24-21(25)17-5-2-1-3-6-17/h1-8,11,14,16H,9-10,12-13,15H2. The molecule has 0 bridgehead atoms. The van der Waals surface area contributed by atoms with Gasteiger partial charge in [-0.2, -0.15) is 4.31 Å². The molecule has 2 heterocycles. The molecule has 0 radical (unpaired) electrons. The summed E-state index contributed by atoms with van der Waals surface area (Å²) in [5.74, 6) is -0.992. The van der Waals surface area contributed by atoms with Crippen molar-refractivity contribution in [3.63, 3.8) is 0 Å². The van der Waals surface area contributed by atoms with Crippen LogP contribution in [0.5, 0.6) is 0 Å². The number of rotatable bonds is 5. The Labute approximate surface area is 168 Å². The number of piperidine rings is 1. The van der Waals surface area contributed by atoms with Crippen LogP contribution < -0.4 is 0 Å². The van der Waals surface area contributed by atoms with Crippen LogP contribution in [0.4, 0.5) is 8.78 Å². The molecule has 1 aliphatic rings. The van der Waals surface area contributed by atoms with Crippen LogP contribution in [0, 0.1) is 17.6 Å². The first-order chi connectivity index (χ1) is 14.0. The number of hydrogen-bond acceptors (Lipinski definition) is 3. The van der Waals surface area contributed by atoms with E-state index in [2.05, 4.69) is 9.55 Å². The third-order valence-corrected chi connectivity index (χ3v) is 7.24. The molecule has 0 amide bonds. The third kappa shape index (κ3) is 3.95. The van der Waals surface area contributed by atoms with Gasteiger partial charge >= 0.3 is 0 Å². The zero-order valence-electron chi connectivity index (χ0n) is 15.7. The molecule has 0 saturated carbocycles. The number of nitrogens with zero attached hydrogens (tertiary/aromatic N) is 3. The van der Waals surface area contributed by atoms with Gasteiger partial charge in [-0.15, -0.1) is 0 Å². The monoisotopic (exact) mass is 417 g/mol. The molecule has 0 atom stereocenters. The summed E-state index contributed by atoms with van der Waals surface area (Å²) >= 11 is 0. The SMILES string of the molecule is O=S(=O)(c1c(F)cccc1F)N1CCC(Cn2ccnc2-c2ccccc2)CC1. The average molecular weight is 417 g/mol. The molecular weight excluding hydrogens is 396 g/mol. The Bertz CT molecular complexity index is 1070. The predicted octanol–water partition coefficient (Wildman–Crippen LogP) is 3.93. The van der Waals surface area contributed by atoms with Crippen molar-refractivity contribution in [3.8, 4) is 11.4 Å². The van der Waals surface area contributed by atoms with Crippen LogP contribution in [0.15, 0.2) is 65.8 Å². The maximum atomic E-state index is 14.0. The van der Waals surface area contributed by atoms with Gasteiger partial charge < -0.3 is 4.57 Å². The molecule has 0 unspecified atom stereocenters. The van der Waals surface area contributed by atoms with Gasteiger partial charge in [-0.05, 0) is 30.9 Å². The van der Waals surface area contributed by atoms with Crippen molar-refractivity contribution in [3.05, 3.63) is 72.6 Å². The van der Waals surface area contributed by atoms with Crippen molar-refractivity contribution in [2.75, 3.05) is 13.1 Å². The van der Waals surface area contributed by atoms with Crippen LogP contribution in [0.2, 0.25) is 0 Å². The average Bonchev–Trinajstić information content (AvgIpc) is 3.17. The summed E-state index contributed by atoms with van der Waals surface area (Å²) in [6.45, 7) is 1.18. The van der Waals surface area contributed by atoms with Crippen LogP contribution >= 0.6 is 0 Å². The van der Waals surface area contributed by atoms with E-state index >= 15 is 0 Å². The minimum Gasteiger partial charge on any atom is -0.331 e. The Morgan fingerprint density at radius 1 is 0.966 bits per heavy atom. The van der Waals surface area contributed by atoms with Gasteiger partial charge in [0.2, 0.25) is 10.0 Å². The van der Waals surface area contributed by atoms with Gasteiger partial charge in [0.1, 0.15) is 17.5 Å². The molecule has 1 fully saturated rings. The van der Waals surface area contributed by atoms with Crippen molar-refractivity contribution in [1.29, 1.82) is 0 Å². The van der Waals surface area contributed by atoms with E-state index in [1.807, 2.05) is 36.5 Å². The van der Waals surface area contributed by atoms with E-state index in [1.165, 1.54) is 4.31 Å². The van der Waals surface area contributed by atoms with E-state index in [0.29, 0.717) is 19.4 Å². The fourth-order valence-corrected chi connectivity index (χ4v) is 5.35. The summed E-state index contributed by atoms with van der Waals surface area (Å²) in [6, 6.07) is 12.9. The number of aromatic nitrogens is 2. The molecule has 0 aliphatic carbocycles. The van der Waals surface area contributed by atoms with Crippen molar-refractivity contribution >= 4 is 10.0 Å². The number of benzene rings is 2. The number of sulfonamides is 1. The van der Waals surface area contributed by atoms with Crippen molar-refractivity contribution in [2.45, 2.75) is 24.3 Å². The highest BCUT2D eigenvalue weighted by atomic mass is 32.2. The number of hydrogen-bond donors (Lipinski definition) is 0. The molecule has 5 nitrogen and oxygen atoms in total. The topological polar surface area (TPSA) is 55.2 Å². The van der Waals surface area contributed by atoms with E-state index in [4.69, 9.17) is 0 Å². The first kappa shape index (κ1) is 19.7. The second-order valence-electron chi connectivity index (χ2n) is 7.17. The summed E-state index contributed by atoms with van der Waals surface area (Å²) in [5, 5.41) is 0. The first-order valence-electron chi connectivity index (χ1n) is 9.47. The van der Waals surface area contributed by atoms with Crippen molar-refractivity contribution in [2.24, 2.45) is 5.92 Å². The van der Waals surface area contributed by atoms with Gasteiger partial charge in [-0.3, -0.25) is 0 Å². The lowest BCUT2D eigenvalue weighted by Gasteiger charge is -2.31. The minimum absolute atomic E-state index is 0.232. The Kier molecular flexibility index (Phi) is 5.47. The predicted molar refractivity (Wildman–Crippen MR) is 106 cm³/mol. The van der Waals surface area contributed by atoms with E-state index in [-0.39, 0.29) is 19.0 Å². The second-order valence-corrected chi connectivity index (χ2v) is 9.04. The summed E-state index contributed by atoms with van der Waals surface area (Å²) < 4.78 is 56.7. The molecule has 0 N–H and O–H groups in total. The first-order valence-corrected chi connectivity index (χ1v) is 10.9. The quantitative estimate of drug-likeness (QED) is 0.632. The summed E-state index contributed by atoms with van der Waals surface area (Å²) in [6.07, 6.45) is 4.90. The molecule has 152 valence electrons. The van der Waals surface area contributed by atoms with Crippen molar-refractivity contribution in [1.82, 2.24) is 13.9 Å². The lowest BCUT2D eigenvalue weighted by molar-refractivity contribution is 0.252. The number of imidazole rings is 1. The lowest BCUT2D eigenvalue weighted by Crippen LogP contribution is -2.40. The Balaban J connectivity index is 1.45. The minimum atomic E-state index is -4.20. The molecule has 2 aromatic carbocycles. The van der Waals surface area contributed by atoms with E-state index in [9.17, 15) is 17.2 Å². The Hall–Kier alpha value is -2.58. The Morgan fingerprint density at radius 2 is 1.62 bits per heavy atom.